The van der Waals surface area contributed by atoms with Crippen molar-refractivity contribution in [3.8, 4) is 0 Å². The van der Waals surface area contributed by atoms with Crippen molar-refractivity contribution in [1.29, 1.82) is 0 Å². The lowest BCUT2D eigenvalue weighted by Crippen LogP contribution is -2.18. The highest BCUT2D eigenvalue weighted by Gasteiger charge is 2.25. The minimum Gasteiger partial charge on any atom is -0.466 e. The summed E-state index contributed by atoms with van der Waals surface area (Å²) < 4.78 is 10.2. The molecule has 26 heavy (non-hydrogen) atoms. The maximum absolute atomic E-state index is 12.4. The molecule has 1 unspecified atom stereocenters. The van der Waals surface area contributed by atoms with Gasteiger partial charge < -0.3 is 9.47 Å². The van der Waals surface area contributed by atoms with Gasteiger partial charge in [-0.25, -0.2) is 0 Å². The first kappa shape index (κ1) is 20.8. The zero-order valence-electron chi connectivity index (χ0n) is 15.8. The van der Waals surface area contributed by atoms with Crippen LogP contribution >= 0.6 is 11.6 Å². The van der Waals surface area contributed by atoms with Crippen molar-refractivity contribution in [2.75, 3.05) is 13.2 Å². The molecule has 0 saturated heterocycles. The molecule has 1 aliphatic carbocycles. The van der Waals surface area contributed by atoms with Crippen LogP contribution in [0, 0.1) is 0 Å². The minimum absolute atomic E-state index is 0.180. The van der Waals surface area contributed by atoms with E-state index in [0.29, 0.717) is 30.6 Å². The number of benzene rings is 1. The van der Waals surface area contributed by atoms with E-state index < -0.39 is 5.92 Å². The number of esters is 2. The van der Waals surface area contributed by atoms with Gasteiger partial charge in [-0.05, 0) is 56.2 Å². The Morgan fingerprint density at radius 3 is 2.42 bits per heavy atom. The molecule has 1 fully saturated rings. The molecule has 144 valence electrons. The first-order chi connectivity index (χ1) is 12.6. The van der Waals surface area contributed by atoms with Crippen LogP contribution in [0.5, 0.6) is 0 Å². The molecule has 0 bridgehead atoms. The monoisotopic (exact) mass is 380 g/mol. The van der Waals surface area contributed by atoms with Crippen LogP contribution < -0.4 is 0 Å². The zero-order chi connectivity index (χ0) is 18.9. The molecule has 5 heteroatoms. The molecule has 0 heterocycles. The molecule has 1 atom stereocenters. The Kier molecular flexibility index (Phi) is 8.43. The normalized spacial score (nSPS) is 16.1. The van der Waals surface area contributed by atoms with Gasteiger partial charge in [0.2, 0.25) is 0 Å². The van der Waals surface area contributed by atoms with E-state index in [-0.39, 0.29) is 18.4 Å². The maximum atomic E-state index is 12.4. The van der Waals surface area contributed by atoms with Crippen molar-refractivity contribution in [1.82, 2.24) is 0 Å². The molecule has 1 aromatic rings. The number of ether oxygens (including phenoxy) is 2. The predicted octanol–water partition coefficient (Wildman–Crippen LogP) is 5.38. The molecule has 4 nitrogen and oxygen atoms in total. The molecule has 1 aromatic carbocycles. The van der Waals surface area contributed by atoms with E-state index in [0.717, 1.165) is 5.56 Å². The molecule has 0 aliphatic heterocycles. The van der Waals surface area contributed by atoms with Crippen molar-refractivity contribution < 1.29 is 19.1 Å². The van der Waals surface area contributed by atoms with E-state index in [1.54, 1.807) is 13.8 Å². The third-order valence-electron chi connectivity index (χ3n) is 4.99. The molecule has 1 aliphatic rings. The summed E-state index contributed by atoms with van der Waals surface area (Å²) in [6, 6.07) is 5.88. The molecule has 0 aromatic heterocycles. The molecule has 0 radical (unpaired) electrons. The minimum atomic E-state index is -0.503. The summed E-state index contributed by atoms with van der Waals surface area (Å²) in [4.78, 5) is 24.1. The van der Waals surface area contributed by atoms with Gasteiger partial charge in [-0.3, -0.25) is 9.59 Å². The second-order valence-corrected chi connectivity index (χ2v) is 7.17. The van der Waals surface area contributed by atoms with Gasteiger partial charge in [0.1, 0.15) is 0 Å². The lowest BCUT2D eigenvalue weighted by Gasteiger charge is -2.24. The molecule has 1 saturated carbocycles. The van der Waals surface area contributed by atoms with Crippen molar-refractivity contribution in [2.24, 2.45) is 0 Å². The molecule has 0 spiro atoms. The molecular formula is C21H29ClO4. The van der Waals surface area contributed by atoms with Gasteiger partial charge in [0.15, 0.2) is 0 Å². The van der Waals surface area contributed by atoms with E-state index in [1.165, 1.54) is 37.7 Å². The topological polar surface area (TPSA) is 52.6 Å². The highest BCUT2D eigenvalue weighted by Crippen LogP contribution is 2.38. The Morgan fingerprint density at radius 1 is 1.12 bits per heavy atom. The van der Waals surface area contributed by atoms with Crippen molar-refractivity contribution in [3.63, 3.8) is 0 Å². The number of rotatable bonds is 8. The number of halogens is 1. The third kappa shape index (κ3) is 5.73. The summed E-state index contributed by atoms with van der Waals surface area (Å²) in [5, 5.41) is 0.708. The van der Waals surface area contributed by atoms with Gasteiger partial charge in [0, 0.05) is 11.4 Å². The molecule has 0 N–H and O–H groups in total. The smallest absolute Gasteiger partial charge is 0.313 e. The Bertz CT molecular complexity index is 608. The number of hydrogen-bond acceptors (Lipinski definition) is 4. The number of carbonyl (C=O) groups excluding carboxylic acids is 2. The zero-order valence-corrected chi connectivity index (χ0v) is 16.5. The Balaban J connectivity index is 2.16. The average molecular weight is 381 g/mol. The lowest BCUT2D eigenvalue weighted by molar-refractivity contribution is -0.146. The summed E-state index contributed by atoms with van der Waals surface area (Å²) in [6.07, 6.45) is 6.66. The Hall–Kier alpha value is -1.55. The summed E-state index contributed by atoms with van der Waals surface area (Å²) in [7, 11) is 0. The fraction of sp³-hybridized carbons (Fsp3) is 0.619. The Labute approximate surface area is 161 Å². The maximum Gasteiger partial charge on any atom is 0.313 e. The second-order valence-electron chi connectivity index (χ2n) is 6.76. The first-order valence-corrected chi connectivity index (χ1v) is 10.1. The average Bonchev–Trinajstić information content (AvgIpc) is 2.63. The van der Waals surface area contributed by atoms with E-state index in [9.17, 15) is 9.59 Å². The lowest BCUT2D eigenvalue weighted by atomic mass is 9.83. The van der Waals surface area contributed by atoms with Crippen LogP contribution in [0.25, 0.3) is 0 Å². The van der Waals surface area contributed by atoms with E-state index in [2.05, 4.69) is 0 Å². The summed E-state index contributed by atoms with van der Waals surface area (Å²) in [6.45, 7) is 4.19. The highest BCUT2D eigenvalue weighted by atomic mass is 35.5. The van der Waals surface area contributed by atoms with Gasteiger partial charge in [-0.15, -0.1) is 0 Å². The fourth-order valence-electron chi connectivity index (χ4n) is 3.66. The van der Waals surface area contributed by atoms with Gasteiger partial charge in [-0.2, -0.15) is 0 Å². The molecular weight excluding hydrogens is 352 g/mol. The van der Waals surface area contributed by atoms with Crippen molar-refractivity contribution in [2.45, 2.75) is 70.6 Å². The second kappa shape index (κ2) is 10.6. The summed E-state index contributed by atoms with van der Waals surface area (Å²) in [5.74, 6) is -0.617. The van der Waals surface area contributed by atoms with Crippen LogP contribution in [0.1, 0.15) is 81.8 Å². The van der Waals surface area contributed by atoms with Crippen molar-refractivity contribution in [3.05, 3.63) is 34.3 Å². The van der Waals surface area contributed by atoms with Crippen LogP contribution in [0.4, 0.5) is 0 Å². The van der Waals surface area contributed by atoms with E-state index >= 15 is 0 Å². The van der Waals surface area contributed by atoms with Crippen LogP contribution in [0.15, 0.2) is 18.2 Å². The van der Waals surface area contributed by atoms with Crippen LogP contribution in [0.2, 0.25) is 5.02 Å². The van der Waals surface area contributed by atoms with Gasteiger partial charge in [-0.1, -0.05) is 43.0 Å². The largest absolute Gasteiger partial charge is 0.466 e. The van der Waals surface area contributed by atoms with Gasteiger partial charge in [0.05, 0.1) is 19.1 Å². The van der Waals surface area contributed by atoms with Gasteiger partial charge in [0.25, 0.3) is 0 Å². The number of carbonyl (C=O) groups is 2. The SMILES string of the molecule is CCOC(=O)CCC(C(=O)OCC)c1ccc(C2CCCCC2)c(Cl)c1. The first-order valence-electron chi connectivity index (χ1n) is 9.68. The number of hydrogen-bond donors (Lipinski definition) is 0. The van der Waals surface area contributed by atoms with Gasteiger partial charge >= 0.3 is 11.9 Å². The standard InChI is InChI=1S/C21H29ClO4/c1-3-25-20(23)13-12-18(21(24)26-4-2)16-10-11-17(19(22)14-16)15-8-6-5-7-9-15/h10-11,14-15,18H,3-9,12-13H2,1-2H3. The summed E-state index contributed by atoms with van der Waals surface area (Å²) >= 11 is 6.56. The van der Waals surface area contributed by atoms with Crippen molar-refractivity contribution >= 4 is 23.5 Å². The van der Waals surface area contributed by atoms with E-state index in [1.807, 2.05) is 18.2 Å². The summed E-state index contributed by atoms with van der Waals surface area (Å²) in [5.41, 5.74) is 1.97. The van der Waals surface area contributed by atoms with Crippen LogP contribution in [0.3, 0.4) is 0 Å². The molecule has 0 amide bonds. The highest BCUT2D eigenvalue weighted by molar-refractivity contribution is 6.31. The molecule has 2 rings (SSSR count). The van der Waals surface area contributed by atoms with Crippen LogP contribution in [-0.4, -0.2) is 25.2 Å². The van der Waals surface area contributed by atoms with Crippen LogP contribution in [-0.2, 0) is 19.1 Å². The fourth-order valence-corrected chi connectivity index (χ4v) is 4.01. The quantitative estimate of drug-likeness (QED) is 0.568. The van der Waals surface area contributed by atoms with E-state index in [4.69, 9.17) is 21.1 Å². The third-order valence-corrected chi connectivity index (χ3v) is 5.31. The Morgan fingerprint density at radius 2 is 1.81 bits per heavy atom. The predicted molar refractivity (Wildman–Crippen MR) is 103 cm³/mol.